The highest BCUT2D eigenvalue weighted by Gasteiger charge is 2.50. The Hall–Kier alpha value is -2.61. The largest absolute Gasteiger partial charge is 0.426 e. The van der Waals surface area contributed by atoms with Crippen molar-refractivity contribution in [2.45, 2.75) is 19.6 Å². The van der Waals surface area contributed by atoms with Gasteiger partial charge in [-0.2, -0.15) is 0 Å². The van der Waals surface area contributed by atoms with Gasteiger partial charge in [-0.15, -0.1) is 0 Å². The van der Waals surface area contributed by atoms with Gasteiger partial charge in [0.15, 0.2) is 0 Å². The first-order valence-corrected chi connectivity index (χ1v) is 17.6. The molecule has 0 unspecified atom stereocenters. The Morgan fingerprint density at radius 3 is 1.22 bits per heavy atom. The van der Waals surface area contributed by atoms with E-state index in [1.165, 1.54) is 21.5 Å². The van der Waals surface area contributed by atoms with Crippen molar-refractivity contribution in [2.75, 3.05) is 38.0 Å². The normalized spacial score (nSPS) is 12.4. The van der Waals surface area contributed by atoms with Crippen LogP contribution in [-0.4, -0.2) is 48.4 Å². The van der Waals surface area contributed by atoms with Crippen molar-refractivity contribution in [1.82, 2.24) is 0 Å². The number of anilines is 2. The lowest BCUT2D eigenvalue weighted by molar-refractivity contribution is 0.587. The minimum atomic E-state index is -3.10. The average molecular weight is 459 g/mol. The van der Waals surface area contributed by atoms with Crippen LogP contribution < -0.4 is 20.2 Å². The molecule has 3 nitrogen and oxygen atoms in total. The highest BCUT2D eigenvalue weighted by Crippen LogP contribution is 2.32. The van der Waals surface area contributed by atoms with Crippen molar-refractivity contribution in [1.29, 1.82) is 0 Å². The number of fused-ring (bicyclic) bond motifs is 2. The smallest absolute Gasteiger partial charge is 0.237 e. The molecule has 5 heteroatoms. The van der Waals surface area contributed by atoms with Gasteiger partial charge in [-0.1, -0.05) is 80.3 Å². The molecular formula is C27H34N2OSi2. The molecule has 4 aromatic rings. The molecule has 0 spiro atoms. The number of hydrogen-bond donors (Lipinski definition) is 1. The van der Waals surface area contributed by atoms with E-state index in [1.807, 2.05) is 0 Å². The molecule has 0 heterocycles. The molecular weight excluding hydrogens is 424 g/mol. The van der Waals surface area contributed by atoms with Crippen molar-refractivity contribution in [2.24, 2.45) is 0 Å². The predicted octanol–water partition coefficient (Wildman–Crippen LogP) is 4.59. The first kappa shape index (κ1) is 22.6. The molecule has 0 bridgehead atoms. The van der Waals surface area contributed by atoms with Crippen molar-refractivity contribution in [3.8, 4) is 0 Å². The van der Waals surface area contributed by atoms with Crippen LogP contribution >= 0.6 is 0 Å². The van der Waals surface area contributed by atoms with Gasteiger partial charge in [-0.05, 0) is 33.3 Å². The van der Waals surface area contributed by atoms with Crippen LogP contribution in [-0.2, 0) is 0 Å². The summed E-state index contributed by atoms with van der Waals surface area (Å²) in [5, 5.41) is 7.03. The summed E-state index contributed by atoms with van der Waals surface area (Å²) in [6.07, 6.45) is 0. The lowest BCUT2D eigenvalue weighted by Gasteiger charge is -2.39. The summed E-state index contributed by atoms with van der Waals surface area (Å²) in [4.78, 5) is 17.4. The summed E-state index contributed by atoms with van der Waals surface area (Å²) in [6, 6.07) is 25.8. The van der Waals surface area contributed by atoms with Gasteiger partial charge in [0.25, 0.3) is 0 Å². The molecule has 0 fully saturated rings. The fourth-order valence-electron chi connectivity index (χ4n) is 4.94. The minimum Gasteiger partial charge on any atom is -0.426 e. The molecule has 0 atom stereocenters. The third-order valence-corrected chi connectivity index (χ3v) is 19.3. The Balaban J connectivity index is 2.20. The van der Waals surface area contributed by atoms with Crippen molar-refractivity contribution in [3.05, 3.63) is 72.8 Å². The fraction of sp³-hybridized carbons (Fsp3) is 0.259. The first-order chi connectivity index (χ1) is 15.1. The summed E-state index contributed by atoms with van der Waals surface area (Å²) in [7, 11) is 3.16. The van der Waals surface area contributed by atoms with Gasteiger partial charge in [0.2, 0.25) is 7.83 Å². The molecule has 0 amide bonds. The first-order valence-electron chi connectivity index (χ1n) is 11.2. The lowest BCUT2D eigenvalue weighted by Crippen LogP contribution is -2.74. The Kier molecular flexibility index (Phi) is 5.69. The van der Waals surface area contributed by atoms with Crippen LogP contribution in [0.15, 0.2) is 72.8 Å². The summed E-state index contributed by atoms with van der Waals surface area (Å²) in [6.45, 7) is 6.98. The van der Waals surface area contributed by atoms with Crippen LogP contribution in [0.1, 0.15) is 0 Å². The van der Waals surface area contributed by atoms with E-state index in [0.29, 0.717) is 0 Å². The summed E-state index contributed by atoms with van der Waals surface area (Å²) in [5.74, 6) is 0. The predicted molar refractivity (Wildman–Crippen MR) is 147 cm³/mol. The third kappa shape index (κ3) is 3.45. The monoisotopic (exact) mass is 458 g/mol. The molecule has 0 saturated carbocycles. The van der Waals surface area contributed by atoms with E-state index >= 15 is 0 Å². The second kappa shape index (κ2) is 8.07. The number of rotatable bonds is 5. The fourth-order valence-corrected chi connectivity index (χ4v) is 14.9. The van der Waals surface area contributed by atoms with Gasteiger partial charge < -0.3 is 14.6 Å². The van der Waals surface area contributed by atoms with Gasteiger partial charge in [0.1, 0.15) is 0 Å². The average Bonchev–Trinajstić information content (AvgIpc) is 2.75. The minimum absolute atomic E-state index is 1.14. The van der Waals surface area contributed by atoms with Crippen LogP contribution in [0.2, 0.25) is 19.6 Å². The number of benzene rings is 4. The second-order valence-electron chi connectivity index (χ2n) is 10.1. The Bertz CT molecular complexity index is 1190. The molecule has 0 aromatic heterocycles. The van der Waals surface area contributed by atoms with Crippen molar-refractivity contribution >= 4 is 58.7 Å². The number of nitrogens with zero attached hydrogens (tertiary/aromatic N) is 2. The lowest BCUT2D eigenvalue weighted by atomic mass is 10.1. The number of hydrogen-bond acceptors (Lipinski definition) is 3. The van der Waals surface area contributed by atoms with E-state index < -0.39 is 15.4 Å². The highest BCUT2D eigenvalue weighted by molar-refractivity contribution is 7.48. The molecule has 4 rings (SSSR count). The second-order valence-corrected chi connectivity index (χ2v) is 23.8. The van der Waals surface area contributed by atoms with E-state index in [4.69, 9.17) is 0 Å². The summed E-state index contributed by atoms with van der Waals surface area (Å²) < 4.78 is 0. The molecule has 0 aliphatic heterocycles. The van der Waals surface area contributed by atoms with Crippen molar-refractivity contribution < 1.29 is 4.80 Å². The van der Waals surface area contributed by atoms with Crippen LogP contribution in [0.4, 0.5) is 11.4 Å². The van der Waals surface area contributed by atoms with Crippen LogP contribution in [0.25, 0.3) is 21.5 Å². The quantitative estimate of drug-likeness (QED) is 0.443. The standard InChI is InChI=1S/C27H34N2OSi2/c1-28(2)22-16-8-12-20-14-10-18-24(26(20)22)32(30,31(5,6)7)25-19-11-15-21-13-9-17-23(27(21)25)29(3)4/h8-19,30H,1-7H3. The Morgan fingerprint density at radius 2 is 0.906 bits per heavy atom. The molecule has 0 aliphatic rings. The molecule has 1 N–H and O–H groups in total. The maximum Gasteiger partial charge on any atom is 0.237 e. The van der Waals surface area contributed by atoms with Crippen LogP contribution in [0.3, 0.4) is 0 Å². The van der Waals surface area contributed by atoms with Crippen LogP contribution in [0.5, 0.6) is 0 Å². The SMILES string of the molecule is CN(C)c1cccc2cccc([Si](O)(c3cccc4cccc(N(C)C)c34)[Si](C)(C)C)c12. The van der Waals surface area contributed by atoms with E-state index in [9.17, 15) is 4.80 Å². The maximum absolute atomic E-state index is 13.1. The molecule has 0 saturated heterocycles. The van der Waals surface area contributed by atoms with Crippen LogP contribution in [0, 0.1) is 0 Å². The Labute approximate surface area is 193 Å². The van der Waals surface area contributed by atoms with E-state index in [-0.39, 0.29) is 0 Å². The molecule has 4 aromatic carbocycles. The third-order valence-electron chi connectivity index (χ3n) is 6.59. The zero-order valence-corrected chi connectivity index (χ0v) is 22.3. The van der Waals surface area contributed by atoms with E-state index in [2.05, 4.69) is 130 Å². The maximum atomic E-state index is 13.1. The van der Waals surface area contributed by atoms with Gasteiger partial charge >= 0.3 is 0 Å². The molecule has 166 valence electrons. The van der Waals surface area contributed by atoms with Gasteiger partial charge in [-0.25, -0.2) is 0 Å². The molecule has 0 radical (unpaired) electrons. The zero-order chi connectivity index (χ0) is 23.3. The molecule has 32 heavy (non-hydrogen) atoms. The highest BCUT2D eigenvalue weighted by atomic mass is 29.3. The van der Waals surface area contributed by atoms with Gasteiger partial charge in [0, 0.05) is 50.3 Å². The van der Waals surface area contributed by atoms with Gasteiger partial charge in [-0.3, -0.25) is 0 Å². The zero-order valence-electron chi connectivity index (χ0n) is 20.3. The Morgan fingerprint density at radius 1 is 0.562 bits per heavy atom. The van der Waals surface area contributed by atoms with Crippen molar-refractivity contribution in [3.63, 3.8) is 0 Å². The van der Waals surface area contributed by atoms with E-state index in [0.717, 1.165) is 21.7 Å². The summed E-state index contributed by atoms with van der Waals surface area (Å²) in [5.41, 5.74) is 2.32. The van der Waals surface area contributed by atoms with Gasteiger partial charge in [0.05, 0.1) is 7.59 Å². The summed E-state index contributed by atoms with van der Waals surface area (Å²) >= 11 is 0. The van der Waals surface area contributed by atoms with E-state index in [1.54, 1.807) is 0 Å². The molecule has 0 aliphatic carbocycles. The topological polar surface area (TPSA) is 26.7 Å².